The van der Waals surface area contributed by atoms with Crippen LogP contribution in [0.25, 0.3) is 38.6 Å². The molecule has 5 nitrogen and oxygen atoms in total. The van der Waals surface area contributed by atoms with E-state index in [9.17, 15) is 0 Å². The summed E-state index contributed by atoms with van der Waals surface area (Å²) in [5, 5.41) is 9.78. The first-order chi connectivity index (χ1) is 22.7. The minimum absolute atomic E-state index is 0.105. The molecule has 0 aromatic heterocycles. The first-order valence-electron chi connectivity index (χ1n) is 15.2. The van der Waals surface area contributed by atoms with E-state index in [2.05, 4.69) is 135 Å². The van der Waals surface area contributed by atoms with E-state index >= 15 is 0 Å². The van der Waals surface area contributed by atoms with Crippen LogP contribution < -0.4 is 16.4 Å². The van der Waals surface area contributed by atoms with Crippen LogP contribution in [-0.4, -0.2) is 12.1 Å². The van der Waals surface area contributed by atoms with E-state index in [4.69, 9.17) is 10.7 Å². The molecule has 6 aromatic rings. The number of amidine groups is 1. The summed E-state index contributed by atoms with van der Waals surface area (Å²) in [5.74, 6) is 0.880. The Labute approximate surface area is 283 Å². The lowest BCUT2D eigenvalue weighted by Crippen LogP contribution is -2.44. The van der Waals surface area contributed by atoms with Gasteiger partial charge in [0.25, 0.3) is 0 Å². The third-order valence-electron chi connectivity index (χ3n) is 8.40. The highest BCUT2D eigenvalue weighted by Gasteiger charge is 2.25. The number of rotatable bonds is 7. The third-order valence-corrected chi connectivity index (χ3v) is 8.68. The molecule has 7 rings (SSSR count). The lowest BCUT2D eigenvalue weighted by molar-refractivity contribution is 0.409. The van der Waals surface area contributed by atoms with Gasteiger partial charge >= 0.3 is 0 Å². The van der Waals surface area contributed by atoms with Crippen LogP contribution in [-0.2, 0) is 0 Å². The van der Waals surface area contributed by atoms with Gasteiger partial charge in [0.15, 0.2) is 0 Å². The van der Waals surface area contributed by atoms with Gasteiger partial charge in [0, 0.05) is 23.6 Å². The fourth-order valence-electron chi connectivity index (χ4n) is 6.05. The van der Waals surface area contributed by atoms with Gasteiger partial charge in [-0.2, -0.15) is 0 Å². The molecule has 46 heavy (non-hydrogen) atoms. The van der Waals surface area contributed by atoms with Gasteiger partial charge in [0.05, 0.1) is 22.9 Å². The minimum Gasteiger partial charge on any atom is -0.404 e. The molecular weight excluding hydrogens is 677 g/mol. The number of nitrogens with two attached hydrogens (primary N) is 1. The van der Waals surface area contributed by atoms with Gasteiger partial charge < -0.3 is 11.1 Å². The molecule has 0 radical (unpaired) electrons. The van der Waals surface area contributed by atoms with Crippen LogP contribution in [0.5, 0.6) is 0 Å². The molecule has 0 saturated carbocycles. The Kier molecular flexibility index (Phi) is 8.72. The molecule has 0 spiro atoms. The van der Waals surface area contributed by atoms with E-state index in [1.807, 2.05) is 47.1 Å². The zero-order valence-electron chi connectivity index (χ0n) is 25.0. The Bertz CT molecular complexity index is 2050. The molecule has 0 aliphatic carbocycles. The maximum absolute atomic E-state index is 5.83. The molecule has 1 aliphatic rings. The summed E-state index contributed by atoms with van der Waals surface area (Å²) in [5.41, 5.74) is 15.8. The molecule has 2 atom stereocenters. The minimum atomic E-state index is -0.162. The van der Waals surface area contributed by atoms with Crippen molar-refractivity contribution in [2.45, 2.75) is 12.3 Å². The fraction of sp³-hybridized carbons (Fsp3) is 0.0500. The predicted octanol–water partition coefficient (Wildman–Crippen LogP) is 9.23. The summed E-state index contributed by atoms with van der Waals surface area (Å²) >= 11 is 1.97. The van der Waals surface area contributed by atoms with E-state index in [0.717, 1.165) is 39.2 Å². The van der Waals surface area contributed by atoms with Gasteiger partial charge in [0.2, 0.25) is 0 Å². The number of fused-ring (bicyclic) bond motifs is 1. The molecule has 1 aliphatic heterocycles. The molecule has 0 saturated heterocycles. The van der Waals surface area contributed by atoms with Crippen LogP contribution in [0.15, 0.2) is 160 Å². The lowest BCUT2D eigenvalue weighted by Gasteiger charge is -2.32. The van der Waals surface area contributed by atoms with Crippen molar-refractivity contribution in [2.75, 3.05) is 0 Å². The average Bonchev–Trinajstić information content (AvgIpc) is 3.14. The SMILES string of the molecule is NC=C(C=NI)c1ccc(-c2ccc(-c3ccc(C4NC(c5ccccc5)=NC(c5ccccc5)N4)cc3)c3ccccc23)cc1. The smallest absolute Gasteiger partial charge is 0.131 e. The Hall–Kier alpha value is -5.05. The summed E-state index contributed by atoms with van der Waals surface area (Å²) in [4.78, 5) is 5.04. The van der Waals surface area contributed by atoms with E-state index in [1.165, 1.54) is 27.5 Å². The van der Waals surface area contributed by atoms with Gasteiger partial charge in [-0.3, -0.25) is 5.32 Å². The molecule has 6 heteroatoms. The molecule has 6 aromatic carbocycles. The van der Waals surface area contributed by atoms with Gasteiger partial charge in [-0.1, -0.05) is 146 Å². The van der Waals surface area contributed by atoms with Crippen molar-refractivity contribution in [3.8, 4) is 22.3 Å². The highest BCUT2D eigenvalue weighted by molar-refractivity contribution is 14.1. The normalized spacial score (nSPS) is 16.7. The molecule has 1 heterocycles. The topological polar surface area (TPSA) is 74.8 Å². The largest absolute Gasteiger partial charge is 0.404 e. The van der Waals surface area contributed by atoms with Gasteiger partial charge in [-0.25, -0.2) is 8.20 Å². The molecule has 0 amide bonds. The van der Waals surface area contributed by atoms with Crippen LogP contribution in [0.2, 0.25) is 0 Å². The zero-order valence-corrected chi connectivity index (χ0v) is 27.2. The molecule has 0 fully saturated rings. The second-order valence-corrected chi connectivity index (χ2v) is 11.7. The van der Waals surface area contributed by atoms with Gasteiger partial charge in [0.1, 0.15) is 18.2 Å². The number of hydrogen-bond donors (Lipinski definition) is 3. The second-order valence-electron chi connectivity index (χ2n) is 11.2. The number of halogens is 1. The Morgan fingerprint density at radius 2 is 1.20 bits per heavy atom. The first kappa shape index (κ1) is 29.6. The number of nitrogens with one attached hydrogen (secondary N) is 2. The number of benzene rings is 6. The second kappa shape index (κ2) is 13.5. The standard InChI is InChI=1S/C40H32IN5/c41-43-26-33(25-42)27-15-17-28(18-16-27)34-23-24-35(37-14-8-7-13-36(34)37)29-19-21-32(22-20-29)40-45-38(30-9-3-1-4-10-30)44-39(46-40)31-11-5-2-6-12-31/h1-26,38,40,45H,42H2,(H,44,46). The highest BCUT2D eigenvalue weighted by Crippen LogP contribution is 2.36. The summed E-state index contributed by atoms with van der Waals surface area (Å²) in [6, 6.07) is 51.1. The van der Waals surface area contributed by atoms with Crippen molar-refractivity contribution in [3.05, 3.63) is 174 Å². The molecule has 0 bridgehead atoms. The van der Waals surface area contributed by atoms with Crippen molar-refractivity contribution in [3.63, 3.8) is 0 Å². The van der Waals surface area contributed by atoms with Gasteiger partial charge in [-0.15, -0.1) is 0 Å². The maximum atomic E-state index is 5.83. The Morgan fingerprint density at radius 1 is 0.630 bits per heavy atom. The van der Waals surface area contributed by atoms with Crippen molar-refractivity contribution < 1.29 is 0 Å². The number of aliphatic imine (C=N–C) groups is 1. The maximum Gasteiger partial charge on any atom is 0.131 e. The van der Waals surface area contributed by atoms with Crippen molar-refractivity contribution in [1.82, 2.24) is 10.6 Å². The Balaban J connectivity index is 1.20. The number of nitrogens with zero attached hydrogens (tertiary/aromatic N) is 2. The lowest BCUT2D eigenvalue weighted by atomic mass is 9.91. The van der Waals surface area contributed by atoms with E-state index in [0.29, 0.717) is 0 Å². The number of hydrogen-bond acceptors (Lipinski definition) is 5. The fourth-order valence-corrected chi connectivity index (χ4v) is 6.35. The average molecular weight is 710 g/mol. The van der Waals surface area contributed by atoms with Crippen LogP contribution in [0.3, 0.4) is 0 Å². The molecule has 224 valence electrons. The van der Waals surface area contributed by atoms with E-state index in [-0.39, 0.29) is 12.3 Å². The Morgan fingerprint density at radius 3 is 1.78 bits per heavy atom. The van der Waals surface area contributed by atoms with Crippen molar-refractivity contribution >= 4 is 51.3 Å². The van der Waals surface area contributed by atoms with Crippen molar-refractivity contribution in [1.29, 1.82) is 0 Å². The third kappa shape index (κ3) is 6.09. The molecule has 2 unspecified atom stereocenters. The number of allylic oxidation sites excluding steroid dienone is 1. The van der Waals surface area contributed by atoms with Crippen LogP contribution in [0, 0.1) is 0 Å². The monoisotopic (exact) mass is 709 g/mol. The van der Waals surface area contributed by atoms with E-state index in [1.54, 1.807) is 12.4 Å². The molecular formula is C40H32IN5. The van der Waals surface area contributed by atoms with Crippen LogP contribution >= 0.6 is 22.9 Å². The quantitative estimate of drug-likeness (QED) is 0.114. The molecule has 4 N–H and O–H groups in total. The van der Waals surface area contributed by atoms with Gasteiger partial charge in [-0.05, 0) is 49.7 Å². The van der Waals surface area contributed by atoms with Crippen molar-refractivity contribution in [2.24, 2.45) is 13.9 Å². The van der Waals surface area contributed by atoms with E-state index < -0.39 is 0 Å². The zero-order chi connectivity index (χ0) is 31.3. The summed E-state index contributed by atoms with van der Waals surface area (Å²) in [6.07, 6.45) is 3.09. The summed E-state index contributed by atoms with van der Waals surface area (Å²) in [6.45, 7) is 0. The van der Waals surface area contributed by atoms with Crippen LogP contribution in [0.4, 0.5) is 0 Å². The highest BCUT2D eigenvalue weighted by atomic mass is 127. The first-order valence-corrected chi connectivity index (χ1v) is 16.2. The predicted molar refractivity (Wildman–Crippen MR) is 201 cm³/mol. The van der Waals surface area contributed by atoms with Crippen LogP contribution in [0.1, 0.15) is 34.6 Å². The summed E-state index contributed by atoms with van der Waals surface area (Å²) < 4.78 is 4.09. The summed E-state index contributed by atoms with van der Waals surface area (Å²) in [7, 11) is 0.